The zero-order valence-electron chi connectivity index (χ0n) is 10.9. The smallest absolute Gasteiger partial charge is 0.413 e. The Morgan fingerprint density at radius 1 is 1.05 bits per heavy atom. The maximum absolute atomic E-state index is 13.8. The summed E-state index contributed by atoms with van der Waals surface area (Å²) in [6.45, 7) is 6.49. The van der Waals surface area contributed by atoms with Crippen LogP contribution in [-0.4, -0.2) is 48.4 Å². The molecule has 0 saturated carbocycles. The van der Waals surface area contributed by atoms with Crippen molar-refractivity contribution in [1.29, 1.82) is 0 Å². The van der Waals surface area contributed by atoms with E-state index in [1.165, 1.54) is 0 Å². The lowest BCUT2D eigenvalue weighted by Gasteiger charge is -2.36. The van der Waals surface area contributed by atoms with Crippen LogP contribution >= 0.6 is 0 Å². The first-order valence-electron chi connectivity index (χ1n) is 5.47. The van der Waals surface area contributed by atoms with E-state index in [4.69, 9.17) is 16.5 Å². The molecule has 1 atom stereocenters. The molecule has 1 aliphatic heterocycles. The Morgan fingerprint density at radius 3 is 1.84 bits per heavy atom. The molecule has 0 aliphatic carbocycles. The minimum Gasteiger partial charge on any atom is -0.414 e. The fourth-order valence-electron chi connectivity index (χ4n) is 1.18. The lowest BCUT2D eigenvalue weighted by molar-refractivity contribution is -0.142. The lowest BCUT2D eigenvalue weighted by atomic mass is 10.5. The molecule has 0 aromatic rings. The van der Waals surface area contributed by atoms with E-state index in [1.807, 2.05) is 0 Å². The normalized spacial score (nSPS) is 26.5. The number of alkyl halides is 4. The summed E-state index contributed by atoms with van der Waals surface area (Å²) in [5.74, 6) is -2.20. The van der Waals surface area contributed by atoms with Crippen LogP contribution < -0.4 is 0 Å². The first-order valence-corrected chi connectivity index (χ1v) is 13.3. The molecule has 19 heavy (non-hydrogen) atoms. The molecule has 3 radical (unpaired) electrons. The van der Waals surface area contributed by atoms with Crippen LogP contribution in [0.2, 0.25) is 26.2 Å². The fourth-order valence-corrected chi connectivity index (χ4v) is 10.3. The molecule has 4 nitrogen and oxygen atoms in total. The Labute approximate surface area is 115 Å². The summed E-state index contributed by atoms with van der Waals surface area (Å²) in [6, 6.07) is 0. The zero-order valence-corrected chi connectivity index (χ0v) is 14.9. The molecule has 1 saturated heterocycles. The molecule has 1 fully saturated rings. The molecule has 0 bridgehead atoms. The standard InChI is InChI=1S/C7H15F4O4Si4/c1-18(2)12-16-13-19(3,4)15-17(14-18)6(8)5-7(9,10)11/h6H,5H2,1-4H3. The molecular weight excluding hydrogens is 336 g/mol. The van der Waals surface area contributed by atoms with Crippen LogP contribution in [0.5, 0.6) is 0 Å². The van der Waals surface area contributed by atoms with Gasteiger partial charge in [0.2, 0.25) is 0 Å². The van der Waals surface area contributed by atoms with Crippen LogP contribution in [0, 0.1) is 0 Å². The summed E-state index contributed by atoms with van der Waals surface area (Å²) in [6.07, 6.45) is -6.16. The molecule has 1 aliphatic rings. The van der Waals surface area contributed by atoms with Gasteiger partial charge in [0.25, 0.3) is 0 Å². The van der Waals surface area contributed by atoms with E-state index >= 15 is 0 Å². The van der Waals surface area contributed by atoms with Gasteiger partial charge < -0.3 is 16.5 Å². The summed E-state index contributed by atoms with van der Waals surface area (Å²) >= 11 is 0. The predicted octanol–water partition coefficient (Wildman–Crippen LogP) is 2.32. The van der Waals surface area contributed by atoms with Crippen molar-refractivity contribution in [2.24, 2.45) is 0 Å². The molecule has 0 N–H and O–H groups in total. The van der Waals surface area contributed by atoms with E-state index < -0.39 is 44.8 Å². The van der Waals surface area contributed by atoms with Crippen LogP contribution in [0.25, 0.3) is 0 Å². The number of hydrogen-bond acceptors (Lipinski definition) is 4. The summed E-state index contributed by atoms with van der Waals surface area (Å²) in [4.78, 5) is 0. The van der Waals surface area contributed by atoms with Gasteiger partial charge in [0.05, 0.1) is 6.42 Å². The van der Waals surface area contributed by atoms with Crippen molar-refractivity contribution < 1.29 is 34.0 Å². The summed E-state index contributed by atoms with van der Waals surface area (Å²) in [5.41, 5.74) is 0. The highest BCUT2D eigenvalue weighted by Gasteiger charge is 2.47. The third-order valence-electron chi connectivity index (χ3n) is 1.93. The first-order chi connectivity index (χ1) is 8.40. The van der Waals surface area contributed by atoms with Crippen LogP contribution in [0.1, 0.15) is 6.42 Å². The highest BCUT2D eigenvalue weighted by atomic mass is 28.5. The largest absolute Gasteiger partial charge is 0.414 e. The zero-order chi connectivity index (χ0) is 14.9. The topological polar surface area (TPSA) is 36.9 Å². The Balaban J connectivity index is 2.79. The molecular formula is C7H15F4O4Si4. The Kier molecular flexibility index (Phi) is 5.56. The maximum Gasteiger partial charge on any atom is 0.413 e. The third kappa shape index (κ3) is 6.61. The average Bonchev–Trinajstić information content (AvgIpc) is 2.10. The quantitative estimate of drug-likeness (QED) is 0.565. The van der Waals surface area contributed by atoms with Gasteiger partial charge >= 0.3 is 42.6 Å². The van der Waals surface area contributed by atoms with Crippen molar-refractivity contribution in [3.05, 3.63) is 0 Å². The van der Waals surface area contributed by atoms with E-state index in [0.717, 1.165) is 0 Å². The van der Waals surface area contributed by atoms with Crippen molar-refractivity contribution in [2.45, 2.75) is 44.6 Å². The second-order valence-corrected chi connectivity index (χ2v) is 15.2. The second-order valence-electron chi connectivity index (χ2n) is 4.90. The minimum atomic E-state index is -4.59. The Bertz CT molecular complexity index is 296. The van der Waals surface area contributed by atoms with Gasteiger partial charge in [0.1, 0.15) is 0 Å². The van der Waals surface area contributed by atoms with Gasteiger partial charge in [-0.25, -0.2) is 4.39 Å². The molecule has 0 spiro atoms. The molecule has 1 rings (SSSR count). The summed E-state index contributed by atoms with van der Waals surface area (Å²) in [5, 5.41) is 0. The van der Waals surface area contributed by atoms with Gasteiger partial charge in [-0.15, -0.1) is 0 Å². The SMILES string of the molecule is C[Si]1(C)O[Si]O[Si](C)(C)O[Si](C(F)CC(F)(F)F)O1. The van der Waals surface area contributed by atoms with Crippen molar-refractivity contribution in [1.82, 2.24) is 0 Å². The van der Waals surface area contributed by atoms with E-state index in [9.17, 15) is 17.6 Å². The van der Waals surface area contributed by atoms with Crippen molar-refractivity contribution in [3.8, 4) is 0 Å². The highest BCUT2D eigenvalue weighted by molar-refractivity contribution is 6.82. The molecule has 0 aromatic carbocycles. The Hall–Kier alpha value is 0.428. The first kappa shape index (κ1) is 17.5. The minimum absolute atomic E-state index is 0.289. The predicted molar refractivity (Wildman–Crippen MR) is 66.4 cm³/mol. The van der Waals surface area contributed by atoms with Crippen molar-refractivity contribution in [2.75, 3.05) is 0 Å². The number of halogens is 4. The van der Waals surface area contributed by atoms with E-state index in [2.05, 4.69) is 0 Å². The van der Waals surface area contributed by atoms with Gasteiger partial charge in [-0.2, -0.15) is 13.2 Å². The number of hydrogen-bond donors (Lipinski definition) is 0. The van der Waals surface area contributed by atoms with Gasteiger partial charge in [0, 0.05) is 0 Å². The van der Waals surface area contributed by atoms with Crippen LogP contribution in [0.15, 0.2) is 0 Å². The summed E-state index contributed by atoms with van der Waals surface area (Å²) < 4.78 is 72.1. The van der Waals surface area contributed by atoms with Crippen molar-refractivity contribution >= 4 is 36.4 Å². The monoisotopic (exact) mass is 351 g/mol. The maximum atomic E-state index is 13.8. The van der Waals surface area contributed by atoms with Gasteiger partial charge in [-0.3, -0.25) is 0 Å². The molecule has 12 heteroatoms. The summed E-state index contributed by atoms with van der Waals surface area (Å²) in [7, 11) is -8.46. The molecule has 0 amide bonds. The fraction of sp³-hybridized carbons (Fsp3) is 1.00. The van der Waals surface area contributed by atoms with Crippen LogP contribution in [-0.2, 0) is 16.5 Å². The molecule has 0 aromatic heterocycles. The van der Waals surface area contributed by atoms with Gasteiger partial charge in [-0.1, -0.05) is 0 Å². The van der Waals surface area contributed by atoms with Gasteiger partial charge in [0.15, 0.2) is 5.79 Å². The van der Waals surface area contributed by atoms with Crippen LogP contribution in [0.3, 0.4) is 0 Å². The molecule has 1 unspecified atom stereocenters. The third-order valence-corrected chi connectivity index (χ3v) is 12.8. The van der Waals surface area contributed by atoms with E-state index in [-0.39, 0.29) is 10.0 Å². The van der Waals surface area contributed by atoms with E-state index in [0.29, 0.717) is 0 Å². The second kappa shape index (κ2) is 6.05. The highest BCUT2D eigenvalue weighted by Crippen LogP contribution is 2.28. The van der Waals surface area contributed by atoms with E-state index in [1.54, 1.807) is 26.2 Å². The molecule has 111 valence electrons. The molecule has 1 heterocycles. The number of rotatable bonds is 2. The van der Waals surface area contributed by atoms with Crippen LogP contribution in [0.4, 0.5) is 17.6 Å². The van der Waals surface area contributed by atoms with Crippen molar-refractivity contribution in [3.63, 3.8) is 0 Å². The Morgan fingerprint density at radius 2 is 1.47 bits per heavy atom. The van der Waals surface area contributed by atoms with Gasteiger partial charge in [-0.05, 0) is 26.2 Å². The lowest BCUT2D eigenvalue weighted by Crippen LogP contribution is -2.57. The average molecular weight is 352 g/mol.